The molecule has 1 aliphatic heterocycles. The Morgan fingerprint density at radius 1 is 1.22 bits per heavy atom. The summed E-state index contributed by atoms with van der Waals surface area (Å²) in [5.74, 6) is 0.365. The summed E-state index contributed by atoms with van der Waals surface area (Å²) < 4.78 is 2.03. The monoisotopic (exact) mass is 359 g/mol. The second-order valence-corrected chi connectivity index (χ2v) is 7.31. The van der Waals surface area contributed by atoms with Gasteiger partial charge >= 0.3 is 0 Å². The smallest absolute Gasteiger partial charge is 0.256 e. The molecule has 1 aliphatic rings. The number of likely N-dealkylation sites (tertiary alicyclic amines) is 1. The summed E-state index contributed by atoms with van der Waals surface area (Å²) in [7, 11) is 1.99. The first-order valence-corrected chi connectivity index (χ1v) is 9.34. The number of aryl methyl sites for hydroxylation is 1. The van der Waals surface area contributed by atoms with Crippen molar-refractivity contribution < 1.29 is 4.79 Å². The Kier molecular flexibility index (Phi) is 3.70. The van der Waals surface area contributed by atoms with Crippen LogP contribution in [-0.2, 0) is 7.05 Å². The highest BCUT2D eigenvalue weighted by Gasteiger charge is 2.28. The number of H-pyrrole nitrogens is 1. The van der Waals surface area contributed by atoms with E-state index in [-0.39, 0.29) is 11.8 Å². The number of nitrogens with one attached hydrogen (secondary N) is 1. The maximum absolute atomic E-state index is 13.3. The van der Waals surface area contributed by atoms with E-state index >= 15 is 0 Å². The zero-order valence-electron chi connectivity index (χ0n) is 15.2. The number of fused-ring (bicyclic) bond motifs is 2. The van der Waals surface area contributed by atoms with E-state index in [1.807, 2.05) is 47.0 Å². The molecule has 0 saturated carbocycles. The van der Waals surface area contributed by atoms with Crippen molar-refractivity contribution in [3.8, 4) is 0 Å². The number of aromatic amines is 1. The molecule has 0 spiro atoms. The van der Waals surface area contributed by atoms with Gasteiger partial charge in [-0.2, -0.15) is 5.10 Å². The molecule has 0 bridgehead atoms. The molecule has 1 atom stereocenters. The summed E-state index contributed by atoms with van der Waals surface area (Å²) in [5, 5.41) is 9.01. The molecule has 1 saturated heterocycles. The third-order valence-corrected chi connectivity index (χ3v) is 5.58. The molecule has 4 aromatic rings. The average Bonchev–Trinajstić information content (AvgIpc) is 3.32. The second-order valence-electron chi connectivity index (χ2n) is 7.31. The van der Waals surface area contributed by atoms with E-state index in [1.54, 1.807) is 6.20 Å². The van der Waals surface area contributed by atoms with Crippen LogP contribution in [0.2, 0.25) is 0 Å². The van der Waals surface area contributed by atoms with Gasteiger partial charge in [0, 0.05) is 54.2 Å². The van der Waals surface area contributed by atoms with Gasteiger partial charge in [0.05, 0.1) is 11.8 Å². The van der Waals surface area contributed by atoms with Gasteiger partial charge in [-0.25, -0.2) is 4.98 Å². The highest BCUT2D eigenvalue weighted by Crippen LogP contribution is 2.29. The number of carbonyl (C=O) groups is 1. The molecule has 27 heavy (non-hydrogen) atoms. The predicted molar refractivity (Wildman–Crippen MR) is 105 cm³/mol. The molecule has 1 aromatic carbocycles. The molecule has 1 fully saturated rings. The van der Waals surface area contributed by atoms with Crippen LogP contribution in [0.4, 0.5) is 0 Å². The van der Waals surface area contributed by atoms with E-state index in [9.17, 15) is 4.79 Å². The molecule has 4 heterocycles. The van der Waals surface area contributed by atoms with Gasteiger partial charge in [-0.1, -0.05) is 18.2 Å². The number of benzene rings is 1. The lowest BCUT2D eigenvalue weighted by Crippen LogP contribution is -2.39. The van der Waals surface area contributed by atoms with Crippen molar-refractivity contribution in [1.29, 1.82) is 0 Å². The predicted octanol–water partition coefficient (Wildman–Crippen LogP) is 3.47. The lowest BCUT2D eigenvalue weighted by Gasteiger charge is -2.32. The van der Waals surface area contributed by atoms with Crippen molar-refractivity contribution in [3.05, 3.63) is 60.0 Å². The summed E-state index contributed by atoms with van der Waals surface area (Å²) in [6.45, 7) is 1.50. The Morgan fingerprint density at radius 2 is 2.11 bits per heavy atom. The topological polar surface area (TPSA) is 66.8 Å². The van der Waals surface area contributed by atoms with Gasteiger partial charge in [-0.05, 0) is 31.0 Å². The summed E-state index contributed by atoms with van der Waals surface area (Å²) >= 11 is 0. The standard InChI is InChI=1S/C21H21N5O/c1-25-13-17(16-6-2-3-7-19(16)25)21(27)26-10-4-5-15(12-26)18-9-8-14-11-22-24-20(14)23-18/h2-3,6-9,11,13,15H,4-5,10,12H2,1H3,(H,22,23,24). The number of rotatable bonds is 2. The summed E-state index contributed by atoms with van der Waals surface area (Å²) in [4.78, 5) is 20.0. The molecular weight excluding hydrogens is 338 g/mol. The van der Waals surface area contributed by atoms with E-state index in [1.165, 1.54) is 0 Å². The molecular formula is C21H21N5O. The van der Waals surface area contributed by atoms with E-state index in [0.29, 0.717) is 6.54 Å². The van der Waals surface area contributed by atoms with Crippen LogP contribution < -0.4 is 0 Å². The van der Waals surface area contributed by atoms with Crippen LogP contribution in [0.1, 0.15) is 34.8 Å². The summed E-state index contributed by atoms with van der Waals surface area (Å²) in [6.07, 6.45) is 5.77. The number of hydrogen-bond donors (Lipinski definition) is 1. The number of nitrogens with zero attached hydrogens (tertiary/aromatic N) is 4. The fourth-order valence-corrected chi connectivity index (χ4v) is 4.15. The first-order valence-electron chi connectivity index (χ1n) is 9.34. The fourth-order valence-electron chi connectivity index (χ4n) is 4.15. The van der Waals surface area contributed by atoms with Crippen LogP contribution in [0, 0.1) is 0 Å². The molecule has 6 nitrogen and oxygen atoms in total. The van der Waals surface area contributed by atoms with Gasteiger partial charge in [0.1, 0.15) is 0 Å². The van der Waals surface area contributed by atoms with Crippen LogP contribution in [0.3, 0.4) is 0 Å². The highest BCUT2D eigenvalue weighted by molar-refractivity contribution is 6.07. The van der Waals surface area contributed by atoms with Crippen molar-refractivity contribution in [1.82, 2.24) is 24.6 Å². The van der Waals surface area contributed by atoms with E-state index < -0.39 is 0 Å². The number of amides is 1. The maximum Gasteiger partial charge on any atom is 0.256 e. The maximum atomic E-state index is 13.3. The molecule has 3 aromatic heterocycles. The number of aromatic nitrogens is 4. The summed E-state index contributed by atoms with van der Waals surface area (Å²) in [5.41, 5.74) is 3.71. The first-order chi connectivity index (χ1) is 13.2. The fraction of sp³-hybridized carbons (Fsp3) is 0.286. The zero-order chi connectivity index (χ0) is 18.4. The lowest BCUT2D eigenvalue weighted by atomic mass is 9.93. The molecule has 0 radical (unpaired) electrons. The third kappa shape index (κ3) is 2.68. The van der Waals surface area contributed by atoms with E-state index in [0.717, 1.165) is 52.6 Å². The van der Waals surface area contributed by atoms with Crippen LogP contribution in [0.15, 0.2) is 48.8 Å². The SMILES string of the molecule is Cn1cc(C(=O)N2CCCC(c3ccc4cn[nH]c4n3)C2)c2ccccc21. The van der Waals surface area contributed by atoms with Crippen LogP contribution in [0.5, 0.6) is 0 Å². The lowest BCUT2D eigenvalue weighted by molar-refractivity contribution is 0.0708. The van der Waals surface area contributed by atoms with Gasteiger partial charge in [-0.15, -0.1) is 0 Å². The van der Waals surface area contributed by atoms with Gasteiger partial charge in [0.25, 0.3) is 5.91 Å². The van der Waals surface area contributed by atoms with Crippen molar-refractivity contribution in [2.24, 2.45) is 7.05 Å². The molecule has 0 aliphatic carbocycles. The number of pyridine rings is 1. The Balaban J connectivity index is 1.44. The molecule has 1 N–H and O–H groups in total. The quantitative estimate of drug-likeness (QED) is 0.596. The van der Waals surface area contributed by atoms with Crippen LogP contribution >= 0.6 is 0 Å². The van der Waals surface area contributed by atoms with Gasteiger partial charge in [0.15, 0.2) is 5.65 Å². The summed E-state index contributed by atoms with van der Waals surface area (Å²) in [6, 6.07) is 12.2. The minimum Gasteiger partial charge on any atom is -0.350 e. The van der Waals surface area contributed by atoms with Crippen molar-refractivity contribution in [3.63, 3.8) is 0 Å². The minimum absolute atomic E-state index is 0.110. The Labute approximate surface area is 156 Å². The molecule has 1 amide bonds. The third-order valence-electron chi connectivity index (χ3n) is 5.58. The zero-order valence-corrected chi connectivity index (χ0v) is 15.2. The Hall–Kier alpha value is -3.15. The largest absolute Gasteiger partial charge is 0.350 e. The second kappa shape index (κ2) is 6.23. The van der Waals surface area contributed by atoms with Crippen molar-refractivity contribution in [2.45, 2.75) is 18.8 Å². The van der Waals surface area contributed by atoms with Crippen LogP contribution in [-0.4, -0.2) is 43.6 Å². The number of hydrogen-bond acceptors (Lipinski definition) is 3. The Morgan fingerprint density at radius 3 is 3.04 bits per heavy atom. The van der Waals surface area contributed by atoms with Crippen LogP contribution in [0.25, 0.3) is 21.9 Å². The normalized spacial score (nSPS) is 17.7. The first kappa shape index (κ1) is 16.1. The number of piperidine rings is 1. The number of para-hydroxylation sites is 1. The molecule has 136 valence electrons. The van der Waals surface area contributed by atoms with Crippen molar-refractivity contribution in [2.75, 3.05) is 13.1 Å². The molecule has 6 heteroatoms. The van der Waals surface area contributed by atoms with E-state index in [4.69, 9.17) is 4.98 Å². The number of carbonyl (C=O) groups excluding carboxylic acids is 1. The van der Waals surface area contributed by atoms with Gasteiger partial charge in [-0.3, -0.25) is 9.89 Å². The van der Waals surface area contributed by atoms with E-state index in [2.05, 4.69) is 22.3 Å². The van der Waals surface area contributed by atoms with Gasteiger partial charge in [0.2, 0.25) is 0 Å². The highest BCUT2D eigenvalue weighted by atomic mass is 16.2. The minimum atomic E-state index is 0.110. The molecule has 5 rings (SSSR count). The van der Waals surface area contributed by atoms with Crippen molar-refractivity contribution >= 4 is 27.8 Å². The van der Waals surface area contributed by atoms with Gasteiger partial charge < -0.3 is 9.47 Å². The molecule has 1 unspecified atom stereocenters. The Bertz CT molecular complexity index is 1140. The average molecular weight is 359 g/mol.